The summed E-state index contributed by atoms with van der Waals surface area (Å²) >= 11 is 0. The number of nitrogens with zero attached hydrogens (tertiary/aromatic N) is 4. The lowest BCUT2D eigenvalue weighted by Crippen LogP contribution is -2.48. The molecule has 7 heteroatoms. The quantitative estimate of drug-likeness (QED) is 0.316. The van der Waals surface area contributed by atoms with E-state index in [0.29, 0.717) is 12.1 Å². The van der Waals surface area contributed by atoms with Crippen LogP contribution in [-0.4, -0.2) is 28.1 Å². The summed E-state index contributed by atoms with van der Waals surface area (Å²) < 4.78 is 0. The fourth-order valence-electron chi connectivity index (χ4n) is 4.94. The van der Waals surface area contributed by atoms with Crippen molar-refractivity contribution in [1.82, 2.24) is 15.3 Å². The molecule has 0 spiro atoms. The number of pyridine rings is 2. The van der Waals surface area contributed by atoms with Crippen LogP contribution >= 0.6 is 0 Å². The molecule has 0 aliphatic heterocycles. The molecule has 0 saturated heterocycles. The van der Waals surface area contributed by atoms with Gasteiger partial charge < -0.3 is 10.6 Å². The van der Waals surface area contributed by atoms with Gasteiger partial charge in [-0.15, -0.1) is 0 Å². The van der Waals surface area contributed by atoms with E-state index in [9.17, 15) is 4.79 Å². The smallest absolute Gasteiger partial charge is 0.322 e. The number of amides is 2. The van der Waals surface area contributed by atoms with E-state index in [0.717, 1.165) is 53.9 Å². The van der Waals surface area contributed by atoms with Crippen LogP contribution in [0.1, 0.15) is 36.8 Å². The van der Waals surface area contributed by atoms with Crippen molar-refractivity contribution < 1.29 is 4.79 Å². The van der Waals surface area contributed by atoms with Crippen molar-refractivity contribution in [2.75, 3.05) is 10.2 Å². The van der Waals surface area contributed by atoms with E-state index in [4.69, 9.17) is 5.26 Å². The number of rotatable bonds is 7. The number of anilines is 2. The Morgan fingerprint density at radius 1 is 0.895 bits per heavy atom. The maximum atomic E-state index is 13.6. The largest absolute Gasteiger partial charge is 0.367 e. The SMILES string of the molecule is N#Cc1ccc(NC2CCC(N(C(=O)NCc3ccccc3)c3ccc(-c4ccncc4)cc3)CC2)nc1. The Kier molecular flexibility index (Phi) is 7.90. The van der Waals surface area contributed by atoms with E-state index in [1.54, 1.807) is 24.7 Å². The summed E-state index contributed by atoms with van der Waals surface area (Å²) in [6.07, 6.45) is 8.74. The van der Waals surface area contributed by atoms with E-state index in [1.165, 1.54) is 0 Å². The molecule has 0 atom stereocenters. The maximum Gasteiger partial charge on any atom is 0.322 e. The molecule has 0 radical (unpaired) electrons. The fourth-order valence-corrected chi connectivity index (χ4v) is 4.94. The first-order chi connectivity index (χ1) is 18.7. The Morgan fingerprint density at radius 3 is 2.26 bits per heavy atom. The zero-order valence-corrected chi connectivity index (χ0v) is 21.1. The third kappa shape index (κ3) is 6.16. The summed E-state index contributed by atoms with van der Waals surface area (Å²) in [5.74, 6) is 0.775. The molecule has 7 nitrogen and oxygen atoms in total. The van der Waals surface area contributed by atoms with Crippen LogP contribution in [0.3, 0.4) is 0 Å². The van der Waals surface area contributed by atoms with Gasteiger partial charge in [0, 0.05) is 42.9 Å². The molecule has 1 fully saturated rings. The molecule has 2 amide bonds. The molecular weight excluding hydrogens is 472 g/mol. The molecule has 0 unspecified atom stereocenters. The first kappa shape index (κ1) is 25.0. The number of aromatic nitrogens is 2. The van der Waals surface area contributed by atoms with E-state index in [1.807, 2.05) is 65.6 Å². The minimum Gasteiger partial charge on any atom is -0.367 e. The van der Waals surface area contributed by atoms with Gasteiger partial charge in [0.2, 0.25) is 0 Å². The standard InChI is InChI=1S/C31H30N6O/c32-20-24-6-15-30(34-22-24)36-27-9-13-29(14-10-27)37(31(38)35-21-23-4-2-1-3-5-23)28-11-7-25(8-12-28)26-16-18-33-19-17-26/h1-8,11-12,15-19,22,27,29H,9-10,13-14,21H2,(H,34,36)(H,35,38). The topological polar surface area (TPSA) is 93.9 Å². The van der Waals surface area contributed by atoms with Crippen LogP contribution in [0.15, 0.2) is 97.5 Å². The number of hydrogen-bond donors (Lipinski definition) is 2. The van der Waals surface area contributed by atoms with Crippen molar-refractivity contribution in [3.05, 3.63) is 109 Å². The minimum atomic E-state index is -0.0873. The second kappa shape index (κ2) is 12.0. The Morgan fingerprint density at radius 2 is 1.61 bits per heavy atom. The van der Waals surface area contributed by atoms with Crippen molar-refractivity contribution in [1.29, 1.82) is 5.26 Å². The van der Waals surface area contributed by atoms with Crippen molar-refractivity contribution in [2.45, 2.75) is 44.3 Å². The number of urea groups is 1. The van der Waals surface area contributed by atoms with Crippen LogP contribution in [0.5, 0.6) is 0 Å². The summed E-state index contributed by atoms with van der Waals surface area (Å²) in [5.41, 5.74) is 4.68. The zero-order chi connectivity index (χ0) is 26.2. The normalized spacial score (nSPS) is 16.7. The molecule has 2 heterocycles. The second-order valence-corrected chi connectivity index (χ2v) is 9.49. The van der Waals surface area contributed by atoms with E-state index < -0.39 is 0 Å². The molecule has 1 aliphatic rings. The molecule has 4 aromatic rings. The van der Waals surface area contributed by atoms with Gasteiger partial charge in [-0.3, -0.25) is 9.88 Å². The van der Waals surface area contributed by atoms with E-state index in [-0.39, 0.29) is 18.1 Å². The third-order valence-electron chi connectivity index (χ3n) is 6.97. The lowest BCUT2D eigenvalue weighted by molar-refractivity contribution is 0.240. The summed E-state index contributed by atoms with van der Waals surface area (Å²) in [6, 6.07) is 28.1. The van der Waals surface area contributed by atoms with Crippen molar-refractivity contribution in [2.24, 2.45) is 0 Å². The van der Waals surface area contributed by atoms with Gasteiger partial charge in [0.25, 0.3) is 0 Å². The van der Waals surface area contributed by atoms with Gasteiger partial charge >= 0.3 is 6.03 Å². The first-order valence-electron chi connectivity index (χ1n) is 12.9. The van der Waals surface area contributed by atoms with Crippen LogP contribution in [-0.2, 0) is 6.54 Å². The molecular formula is C31H30N6O. The number of hydrogen-bond acceptors (Lipinski definition) is 5. The molecule has 38 heavy (non-hydrogen) atoms. The van der Waals surface area contributed by atoms with E-state index in [2.05, 4.69) is 38.8 Å². The van der Waals surface area contributed by atoms with Crippen LogP contribution in [0.25, 0.3) is 11.1 Å². The highest BCUT2D eigenvalue weighted by molar-refractivity contribution is 5.93. The van der Waals surface area contributed by atoms with Crippen LogP contribution < -0.4 is 15.5 Å². The highest BCUT2D eigenvalue weighted by Crippen LogP contribution is 2.31. The molecule has 5 rings (SSSR count). The predicted octanol–water partition coefficient (Wildman–Crippen LogP) is 6.15. The minimum absolute atomic E-state index is 0.0873. The predicted molar refractivity (Wildman–Crippen MR) is 149 cm³/mol. The Bertz CT molecular complexity index is 1360. The van der Waals surface area contributed by atoms with Gasteiger partial charge in [-0.2, -0.15) is 5.26 Å². The van der Waals surface area contributed by atoms with Gasteiger partial charge in [-0.05, 0) is 78.8 Å². The summed E-state index contributed by atoms with van der Waals surface area (Å²) in [6.45, 7) is 0.479. The van der Waals surface area contributed by atoms with Gasteiger partial charge in [-0.1, -0.05) is 42.5 Å². The average molecular weight is 503 g/mol. The van der Waals surface area contributed by atoms with Crippen molar-refractivity contribution in [3.63, 3.8) is 0 Å². The van der Waals surface area contributed by atoms with Crippen molar-refractivity contribution in [3.8, 4) is 17.2 Å². The van der Waals surface area contributed by atoms with Crippen molar-refractivity contribution >= 4 is 17.5 Å². The molecule has 0 bridgehead atoms. The van der Waals surface area contributed by atoms with Crippen LogP contribution in [0, 0.1) is 11.3 Å². The number of nitrogens with one attached hydrogen (secondary N) is 2. The molecule has 190 valence electrons. The number of carbonyl (C=O) groups excluding carboxylic acids is 1. The number of nitriles is 1. The number of benzene rings is 2. The molecule has 1 saturated carbocycles. The highest BCUT2D eigenvalue weighted by Gasteiger charge is 2.30. The van der Waals surface area contributed by atoms with Gasteiger partial charge in [0.05, 0.1) is 5.56 Å². The lowest BCUT2D eigenvalue weighted by Gasteiger charge is -2.37. The molecule has 1 aliphatic carbocycles. The van der Waals surface area contributed by atoms with Crippen LogP contribution in [0.4, 0.5) is 16.3 Å². The third-order valence-corrected chi connectivity index (χ3v) is 6.97. The summed E-state index contributed by atoms with van der Waals surface area (Å²) in [4.78, 5) is 23.9. The second-order valence-electron chi connectivity index (χ2n) is 9.49. The Balaban J connectivity index is 1.29. The highest BCUT2D eigenvalue weighted by atomic mass is 16.2. The van der Waals surface area contributed by atoms with Crippen LogP contribution in [0.2, 0.25) is 0 Å². The Labute approximate surface area is 223 Å². The van der Waals surface area contributed by atoms with E-state index >= 15 is 0 Å². The summed E-state index contributed by atoms with van der Waals surface area (Å²) in [5, 5.41) is 15.6. The molecule has 2 aromatic carbocycles. The first-order valence-corrected chi connectivity index (χ1v) is 12.9. The van der Waals surface area contributed by atoms with Gasteiger partial charge in [-0.25, -0.2) is 9.78 Å². The fraction of sp³-hybridized carbons (Fsp3) is 0.226. The average Bonchev–Trinajstić information content (AvgIpc) is 2.99. The van der Waals surface area contributed by atoms with Gasteiger partial charge in [0.15, 0.2) is 0 Å². The summed E-state index contributed by atoms with van der Waals surface area (Å²) in [7, 11) is 0. The molecule has 2 aromatic heterocycles. The maximum absolute atomic E-state index is 13.6. The monoisotopic (exact) mass is 502 g/mol. The molecule has 2 N–H and O–H groups in total. The van der Waals surface area contributed by atoms with Gasteiger partial charge in [0.1, 0.15) is 11.9 Å². The lowest BCUT2D eigenvalue weighted by atomic mass is 9.89. The zero-order valence-electron chi connectivity index (χ0n) is 21.1. The number of carbonyl (C=O) groups is 1. The Hall–Kier alpha value is -4.70.